The fourth-order valence-corrected chi connectivity index (χ4v) is 4.64. The van der Waals surface area contributed by atoms with Crippen LogP contribution in [-0.4, -0.2) is 98.3 Å². The molecule has 162 valence electrons. The van der Waals surface area contributed by atoms with Gasteiger partial charge in [-0.05, 0) is 33.1 Å². The number of carbonyl (C=O) groups excluding carboxylic acids is 1. The van der Waals surface area contributed by atoms with E-state index in [1.165, 1.54) is 10.6 Å². The summed E-state index contributed by atoms with van der Waals surface area (Å²) in [4.78, 5) is 20.8. The number of carbonyl (C=O) groups is 1. The number of rotatable bonds is 3. The molecule has 3 aliphatic rings. The lowest BCUT2D eigenvalue weighted by molar-refractivity contribution is 0.0137. The normalized spacial score (nSPS) is 25.8. The van der Waals surface area contributed by atoms with Crippen LogP contribution in [0.3, 0.4) is 0 Å². The monoisotopic (exact) mass is 529 g/mol. The Balaban J connectivity index is 0.00000280. The maximum atomic E-state index is 12.3. The number of aliphatic imine (C=N–C) groups is 1. The van der Waals surface area contributed by atoms with E-state index in [9.17, 15) is 13.2 Å². The minimum absolute atomic E-state index is 0. The van der Waals surface area contributed by atoms with Crippen molar-refractivity contribution in [2.75, 3.05) is 52.1 Å². The molecule has 3 heterocycles. The Labute approximate surface area is 184 Å². The Morgan fingerprint density at radius 1 is 1.25 bits per heavy atom. The van der Waals surface area contributed by atoms with Crippen molar-refractivity contribution in [3.63, 3.8) is 0 Å². The molecule has 3 aliphatic heterocycles. The Hall–Kier alpha value is -0.820. The molecule has 11 heteroatoms. The predicted molar refractivity (Wildman–Crippen MR) is 119 cm³/mol. The summed E-state index contributed by atoms with van der Waals surface area (Å²) < 4.78 is 30.3. The first-order chi connectivity index (χ1) is 12.5. The van der Waals surface area contributed by atoms with E-state index in [4.69, 9.17) is 4.74 Å². The summed E-state index contributed by atoms with van der Waals surface area (Å²) in [5.74, 6) is 1.16. The molecule has 0 aromatic carbocycles. The van der Waals surface area contributed by atoms with Crippen molar-refractivity contribution in [1.82, 2.24) is 19.4 Å². The van der Waals surface area contributed by atoms with Gasteiger partial charge in [-0.1, -0.05) is 0 Å². The van der Waals surface area contributed by atoms with Crippen molar-refractivity contribution in [2.24, 2.45) is 10.9 Å². The second kappa shape index (κ2) is 8.90. The summed E-state index contributed by atoms with van der Waals surface area (Å²) in [6.07, 6.45) is 1.86. The van der Waals surface area contributed by atoms with E-state index in [0.717, 1.165) is 18.9 Å². The summed E-state index contributed by atoms with van der Waals surface area (Å²) in [6, 6.07) is 0.171. The first-order valence-electron chi connectivity index (χ1n) is 9.51. The van der Waals surface area contributed by atoms with Crippen LogP contribution < -0.4 is 5.32 Å². The van der Waals surface area contributed by atoms with Crippen molar-refractivity contribution in [2.45, 2.75) is 38.8 Å². The average Bonchev–Trinajstić information content (AvgIpc) is 3.17. The zero-order valence-corrected chi connectivity index (χ0v) is 20.2. The van der Waals surface area contributed by atoms with E-state index < -0.39 is 15.6 Å². The molecule has 0 aliphatic carbocycles. The number of hydrogen-bond donors (Lipinski definition) is 1. The molecule has 0 aromatic heterocycles. The van der Waals surface area contributed by atoms with E-state index >= 15 is 0 Å². The van der Waals surface area contributed by atoms with E-state index in [2.05, 4.69) is 15.2 Å². The summed E-state index contributed by atoms with van der Waals surface area (Å²) in [5, 5.41) is 3.40. The smallest absolute Gasteiger partial charge is 0.410 e. The number of amides is 1. The molecule has 2 unspecified atom stereocenters. The Bertz CT molecular complexity index is 709. The summed E-state index contributed by atoms with van der Waals surface area (Å²) in [5.41, 5.74) is -0.492. The Morgan fingerprint density at radius 2 is 1.96 bits per heavy atom. The second-order valence-corrected chi connectivity index (χ2v) is 10.6. The van der Waals surface area contributed by atoms with Crippen LogP contribution >= 0.6 is 24.0 Å². The quantitative estimate of drug-likeness (QED) is 0.543. The van der Waals surface area contributed by atoms with Crippen LogP contribution in [0.25, 0.3) is 0 Å². The maximum Gasteiger partial charge on any atom is 0.410 e. The largest absolute Gasteiger partial charge is 0.444 e. The Morgan fingerprint density at radius 3 is 2.57 bits per heavy atom. The van der Waals surface area contributed by atoms with Gasteiger partial charge in [0, 0.05) is 39.3 Å². The highest BCUT2D eigenvalue weighted by Crippen LogP contribution is 2.20. The van der Waals surface area contributed by atoms with Crippen LogP contribution in [0.5, 0.6) is 0 Å². The third-order valence-corrected chi connectivity index (χ3v) is 6.39. The van der Waals surface area contributed by atoms with Gasteiger partial charge in [0.15, 0.2) is 5.96 Å². The Kier molecular flexibility index (Phi) is 7.46. The minimum Gasteiger partial charge on any atom is -0.444 e. The van der Waals surface area contributed by atoms with Crippen LogP contribution in [0, 0.1) is 5.92 Å². The van der Waals surface area contributed by atoms with E-state index in [1.54, 1.807) is 4.90 Å². The predicted octanol–water partition coefficient (Wildman–Crippen LogP) is 0.766. The number of ether oxygens (including phenoxy) is 1. The van der Waals surface area contributed by atoms with Crippen molar-refractivity contribution < 1.29 is 17.9 Å². The van der Waals surface area contributed by atoms with Gasteiger partial charge in [-0.3, -0.25) is 4.99 Å². The molecular formula is C17H32IN5O4S. The topological polar surface area (TPSA) is 94.5 Å². The highest BCUT2D eigenvalue weighted by Gasteiger charge is 2.37. The molecule has 2 atom stereocenters. The summed E-state index contributed by atoms with van der Waals surface area (Å²) in [6.45, 7) is 10.1. The maximum absolute atomic E-state index is 12.3. The minimum atomic E-state index is -3.10. The fourth-order valence-electron chi connectivity index (χ4n) is 3.72. The van der Waals surface area contributed by atoms with Crippen LogP contribution in [-0.2, 0) is 14.8 Å². The second-order valence-electron chi connectivity index (χ2n) is 8.59. The first kappa shape index (κ1) is 23.5. The van der Waals surface area contributed by atoms with Gasteiger partial charge in [0.2, 0.25) is 10.0 Å². The molecule has 0 bridgehead atoms. The zero-order chi connectivity index (χ0) is 19.8. The van der Waals surface area contributed by atoms with Gasteiger partial charge < -0.3 is 19.9 Å². The molecule has 2 fully saturated rings. The molecule has 3 rings (SSSR count). The lowest BCUT2D eigenvalue weighted by Gasteiger charge is -2.39. The van der Waals surface area contributed by atoms with Crippen LogP contribution in [0.15, 0.2) is 4.99 Å². The first-order valence-corrected chi connectivity index (χ1v) is 11.4. The lowest BCUT2D eigenvalue weighted by atomic mass is 10.1. The van der Waals surface area contributed by atoms with Gasteiger partial charge in [0.05, 0.1) is 18.8 Å². The molecule has 0 spiro atoms. The molecule has 0 aromatic rings. The molecule has 2 saturated heterocycles. The van der Waals surface area contributed by atoms with E-state index in [-0.39, 0.29) is 36.1 Å². The zero-order valence-electron chi connectivity index (χ0n) is 17.0. The van der Waals surface area contributed by atoms with Gasteiger partial charge in [-0.15, -0.1) is 24.0 Å². The number of sulfonamides is 1. The van der Waals surface area contributed by atoms with Gasteiger partial charge in [0.1, 0.15) is 5.60 Å². The van der Waals surface area contributed by atoms with Crippen LogP contribution in [0.4, 0.5) is 4.79 Å². The number of nitrogens with zero attached hydrogens (tertiary/aromatic N) is 4. The number of guanidine groups is 1. The molecule has 0 saturated carbocycles. The van der Waals surface area contributed by atoms with Gasteiger partial charge in [-0.25, -0.2) is 17.5 Å². The highest BCUT2D eigenvalue weighted by atomic mass is 127. The third-order valence-electron chi connectivity index (χ3n) is 5.12. The molecule has 1 amide bonds. The van der Waals surface area contributed by atoms with Crippen LogP contribution in [0.2, 0.25) is 0 Å². The summed E-state index contributed by atoms with van der Waals surface area (Å²) in [7, 11) is -3.10. The van der Waals surface area contributed by atoms with Crippen molar-refractivity contribution >= 4 is 46.1 Å². The third kappa shape index (κ3) is 5.85. The molecule has 0 radical (unpaired) electrons. The van der Waals surface area contributed by atoms with Crippen molar-refractivity contribution in [3.8, 4) is 0 Å². The van der Waals surface area contributed by atoms with Gasteiger partial charge in [0.25, 0.3) is 0 Å². The summed E-state index contributed by atoms with van der Waals surface area (Å²) >= 11 is 0. The average molecular weight is 529 g/mol. The van der Waals surface area contributed by atoms with E-state index in [1.807, 2.05) is 20.8 Å². The van der Waals surface area contributed by atoms with Gasteiger partial charge in [-0.2, -0.15) is 0 Å². The standard InChI is InChI=1S/C17H31N5O4S.HI/c1-17(2,3)26-16(23)20-7-8-22-14(12-20)10-19-15(22)18-9-13-5-6-21(11-13)27(4,24)25;/h13-14H,5-12H2,1-4H3,(H,18,19);1H. The van der Waals surface area contributed by atoms with Crippen LogP contribution in [0.1, 0.15) is 27.2 Å². The highest BCUT2D eigenvalue weighted by molar-refractivity contribution is 14.0. The number of hydrogen-bond acceptors (Lipinski definition) is 7. The SMILES string of the molecule is CC(C)(C)OC(=O)N1CCN2C(NCC3CCN(S(C)(=O)=O)C3)=NCC2C1.I. The number of nitrogens with one attached hydrogen (secondary N) is 1. The number of fused-ring (bicyclic) bond motifs is 1. The van der Waals surface area contributed by atoms with Crippen molar-refractivity contribution in [3.05, 3.63) is 0 Å². The molecule has 9 nitrogen and oxygen atoms in total. The molecular weight excluding hydrogens is 497 g/mol. The lowest BCUT2D eigenvalue weighted by Crippen LogP contribution is -2.57. The number of piperazine rings is 1. The van der Waals surface area contributed by atoms with E-state index in [0.29, 0.717) is 45.2 Å². The fraction of sp³-hybridized carbons (Fsp3) is 0.882. The van der Waals surface area contributed by atoms with Gasteiger partial charge >= 0.3 is 6.09 Å². The van der Waals surface area contributed by atoms with Crippen molar-refractivity contribution in [1.29, 1.82) is 0 Å². The number of halogens is 1. The molecule has 28 heavy (non-hydrogen) atoms. The molecule has 1 N–H and O–H groups in total.